The van der Waals surface area contributed by atoms with Gasteiger partial charge in [0, 0.05) is 0 Å². The van der Waals surface area contributed by atoms with Crippen LogP contribution in [0.5, 0.6) is 17.2 Å². The molecule has 2 heterocycles. The van der Waals surface area contributed by atoms with Crippen molar-refractivity contribution in [3.8, 4) is 29.4 Å². The van der Waals surface area contributed by atoms with E-state index in [4.69, 9.17) is 25.1 Å². The molecule has 26 heavy (non-hydrogen) atoms. The Morgan fingerprint density at radius 2 is 2.27 bits per heavy atom. The van der Waals surface area contributed by atoms with Crippen LogP contribution in [-0.2, 0) is 6.54 Å². The zero-order valence-electron chi connectivity index (χ0n) is 13.9. The van der Waals surface area contributed by atoms with E-state index in [0.29, 0.717) is 22.8 Å². The molecule has 0 atom stereocenters. The summed E-state index contributed by atoms with van der Waals surface area (Å²) < 4.78 is 17.3. The lowest BCUT2D eigenvalue weighted by Gasteiger charge is -2.06. The summed E-state index contributed by atoms with van der Waals surface area (Å²) in [6, 6.07) is 7.37. The van der Waals surface area contributed by atoms with Crippen LogP contribution >= 0.6 is 0 Å². The van der Waals surface area contributed by atoms with E-state index in [9.17, 15) is 10.5 Å². The Kier molecular flexibility index (Phi) is 4.65. The summed E-state index contributed by atoms with van der Waals surface area (Å²) in [5.74, 6) is 1.56. The number of methoxy groups -OCH3 is 1. The third-order valence-electron chi connectivity index (χ3n) is 3.78. The number of nitrogen functional groups attached to an aromatic ring is 1. The number of nitrogens with zero attached hydrogens (tertiary/aromatic N) is 4. The molecule has 1 aromatic heterocycles. The van der Waals surface area contributed by atoms with Crippen molar-refractivity contribution in [2.24, 2.45) is 0 Å². The van der Waals surface area contributed by atoms with Crippen LogP contribution < -0.4 is 19.9 Å². The van der Waals surface area contributed by atoms with Crippen LogP contribution in [0.2, 0.25) is 0 Å². The fraction of sp³-hybridized carbons (Fsp3) is 0.235. The zero-order chi connectivity index (χ0) is 18.7. The van der Waals surface area contributed by atoms with Gasteiger partial charge in [-0.1, -0.05) is 0 Å². The molecule has 0 spiro atoms. The van der Waals surface area contributed by atoms with Crippen LogP contribution in [-0.4, -0.2) is 35.4 Å². The number of nitrogens with two attached hydrogens (primary N) is 1. The molecule has 1 aromatic carbocycles. The van der Waals surface area contributed by atoms with E-state index < -0.39 is 0 Å². The van der Waals surface area contributed by atoms with E-state index in [2.05, 4.69) is 5.10 Å². The number of ether oxygens (including phenoxy) is 3. The summed E-state index contributed by atoms with van der Waals surface area (Å²) in [7, 11) is 1.50. The highest BCUT2D eigenvalue weighted by molar-refractivity contribution is 5.91. The summed E-state index contributed by atoms with van der Waals surface area (Å²) in [6.07, 6.45) is 1.55. The van der Waals surface area contributed by atoms with E-state index in [0.717, 1.165) is 0 Å². The quantitative estimate of drug-likeness (QED) is 0.763. The van der Waals surface area contributed by atoms with Gasteiger partial charge in [-0.3, -0.25) is 0 Å². The van der Waals surface area contributed by atoms with Crippen LogP contribution in [0.3, 0.4) is 0 Å². The van der Waals surface area contributed by atoms with Crippen molar-refractivity contribution in [3.63, 3.8) is 0 Å². The maximum atomic E-state index is 9.56. The number of rotatable bonds is 5. The fourth-order valence-corrected chi connectivity index (χ4v) is 2.59. The summed E-state index contributed by atoms with van der Waals surface area (Å²) in [6.45, 7) is 0.0167. The highest BCUT2D eigenvalue weighted by Gasteiger charge is 2.22. The number of aliphatic hydroxyl groups is 1. The Labute approximate surface area is 149 Å². The SMILES string of the molecule is COc1cc(C=C(C#N)c2nn(CCO)c(N)c2C#N)cc2c1OCO2. The molecule has 0 unspecified atom stereocenters. The number of allylic oxidation sites excluding steroid dienone is 1. The predicted molar refractivity (Wildman–Crippen MR) is 91.0 cm³/mol. The number of anilines is 1. The lowest BCUT2D eigenvalue weighted by molar-refractivity contribution is 0.171. The molecule has 0 aliphatic carbocycles. The Bertz CT molecular complexity index is 965. The van der Waals surface area contributed by atoms with E-state index in [1.165, 1.54) is 11.8 Å². The maximum Gasteiger partial charge on any atom is 0.231 e. The largest absolute Gasteiger partial charge is 0.493 e. The fourth-order valence-electron chi connectivity index (χ4n) is 2.59. The predicted octanol–water partition coefficient (Wildman–Crippen LogP) is 1.13. The minimum atomic E-state index is -0.193. The lowest BCUT2D eigenvalue weighted by Crippen LogP contribution is -2.07. The first-order valence-corrected chi connectivity index (χ1v) is 7.60. The molecule has 3 N–H and O–H groups in total. The first-order chi connectivity index (χ1) is 12.6. The molecule has 0 radical (unpaired) electrons. The molecule has 1 aliphatic rings. The average molecular weight is 353 g/mol. The van der Waals surface area contributed by atoms with E-state index in [1.54, 1.807) is 18.2 Å². The lowest BCUT2D eigenvalue weighted by atomic mass is 10.1. The summed E-state index contributed by atoms with van der Waals surface area (Å²) in [5, 5.41) is 32.2. The molecule has 0 bridgehead atoms. The summed E-state index contributed by atoms with van der Waals surface area (Å²) in [4.78, 5) is 0. The topological polar surface area (TPSA) is 139 Å². The molecule has 3 rings (SSSR count). The molecule has 0 amide bonds. The molecular weight excluding hydrogens is 338 g/mol. The molecule has 132 valence electrons. The molecule has 0 fully saturated rings. The minimum Gasteiger partial charge on any atom is -0.493 e. The van der Waals surface area contributed by atoms with E-state index in [-0.39, 0.29) is 42.6 Å². The van der Waals surface area contributed by atoms with Crippen LogP contribution in [0.1, 0.15) is 16.8 Å². The maximum absolute atomic E-state index is 9.56. The van der Waals surface area contributed by atoms with Crippen LogP contribution in [0.15, 0.2) is 12.1 Å². The number of aliphatic hydroxyl groups excluding tert-OH is 1. The van der Waals surface area contributed by atoms with Gasteiger partial charge >= 0.3 is 0 Å². The second-order valence-electron chi connectivity index (χ2n) is 5.29. The van der Waals surface area contributed by atoms with Gasteiger partial charge in [0.15, 0.2) is 11.5 Å². The van der Waals surface area contributed by atoms with Crippen molar-refractivity contribution in [2.45, 2.75) is 6.54 Å². The summed E-state index contributed by atoms with van der Waals surface area (Å²) >= 11 is 0. The monoisotopic (exact) mass is 353 g/mol. The van der Waals surface area contributed by atoms with Crippen molar-refractivity contribution in [3.05, 3.63) is 29.0 Å². The second kappa shape index (κ2) is 7.05. The third-order valence-corrected chi connectivity index (χ3v) is 3.78. The number of fused-ring (bicyclic) bond motifs is 1. The number of aromatic nitrogens is 2. The van der Waals surface area contributed by atoms with E-state index >= 15 is 0 Å². The van der Waals surface area contributed by atoms with E-state index in [1.807, 2.05) is 12.1 Å². The molecule has 9 nitrogen and oxygen atoms in total. The summed E-state index contributed by atoms with van der Waals surface area (Å²) in [5.41, 5.74) is 6.87. The van der Waals surface area contributed by atoms with Crippen molar-refractivity contribution in [2.75, 3.05) is 26.2 Å². The van der Waals surface area contributed by atoms with Gasteiger partial charge in [0.1, 0.15) is 29.2 Å². The number of nitriles is 2. The highest BCUT2D eigenvalue weighted by Crippen LogP contribution is 2.42. The normalized spacial score (nSPS) is 12.5. The minimum absolute atomic E-state index is 0.0824. The van der Waals surface area contributed by atoms with Crippen molar-refractivity contribution < 1.29 is 19.3 Å². The van der Waals surface area contributed by atoms with Crippen LogP contribution in [0, 0.1) is 22.7 Å². The van der Waals surface area contributed by atoms with Gasteiger partial charge in [-0.05, 0) is 23.8 Å². The molecule has 2 aromatic rings. The van der Waals surface area contributed by atoms with Gasteiger partial charge in [-0.15, -0.1) is 0 Å². The first-order valence-electron chi connectivity index (χ1n) is 7.60. The number of hydrogen-bond donors (Lipinski definition) is 2. The number of benzene rings is 1. The van der Waals surface area contributed by atoms with Crippen molar-refractivity contribution in [1.29, 1.82) is 10.5 Å². The smallest absolute Gasteiger partial charge is 0.231 e. The van der Waals surface area contributed by atoms with Crippen molar-refractivity contribution in [1.82, 2.24) is 9.78 Å². The zero-order valence-corrected chi connectivity index (χ0v) is 13.9. The number of hydrogen-bond acceptors (Lipinski definition) is 8. The Hall–Kier alpha value is -3.69. The third kappa shape index (κ3) is 2.88. The Balaban J connectivity index is 2.10. The van der Waals surface area contributed by atoms with Gasteiger partial charge < -0.3 is 25.1 Å². The first kappa shape index (κ1) is 17.1. The molecule has 0 saturated carbocycles. The average Bonchev–Trinajstić information content (AvgIpc) is 3.24. The van der Waals surface area contributed by atoms with Gasteiger partial charge in [-0.2, -0.15) is 15.6 Å². The van der Waals surface area contributed by atoms with Gasteiger partial charge in [0.05, 0.1) is 25.8 Å². The Morgan fingerprint density at radius 1 is 1.46 bits per heavy atom. The van der Waals surface area contributed by atoms with Crippen molar-refractivity contribution >= 4 is 17.5 Å². The molecular formula is C17H15N5O4. The van der Waals surface area contributed by atoms with Gasteiger partial charge in [0.25, 0.3) is 0 Å². The van der Waals surface area contributed by atoms with Gasteiger partial charge in [0.2, 0.25) is 12.5 Å². The van der Waals surface area contributed by atoms with Crippen LogP contribution in [0.4, 0.5) is 5.82 Å². The molecule has 9 heteroatoms. The second-order valence-corrected chi connectivity index (χ2v) is 5.29. The highest BCUT2D eigenvalue weighted by atomic mass is 16.7. The standard InChI is InChI=1S/C17H15N5O4/c1-24-13-5-10(6-14-16(13)26-9-25-14)4-11(7-18)15-12(8-19)17(20)22(21-15)2-3-23/h4-6,23H,2-3,9,20H2,1H3. The van der Waals surface area contributed by atoms with Gasteiger partial charge in [-0.25, -0.2) is 4.68 Å². The molecule has 1 aliphatic heterocycles. The molecule has 0 saturated heterocycles. The van der Waals surface area contributed by atoms with Crippen LogP contribution in [0.25, 0.3) is 11.6 Å². The Morgan fingerprint density at radius 3 is 2.92 bits per heavy atom.